The molecule has 2 N–H and O–H groups in total. The van der Waals surface area contributed by atoms with Crippen molar-refractivity contribution in [1.29, 1.82) is 5.26 Å². The molecule has 17 heavy (non-hydrogen) atoms. The second kappa shape index (κ2) is 5.20. The lowest BCUT2D eigenvalue weighted by molar-refractivity contribution is 0.131. The Labute approximate surface area is 102 Å². The monoisotopic (exact) mass is 230 g/mol. The lowest BCUT2D eigenvalue weighted by Crippen LogP contribution is -2.41. The maximum atomic E-state index is 9.08. The van der Waals surface area contributed by atoms with Crippen LogP contribution in [-0.4, -0.2) is 12.1 Å². The fraction of sp³-hybridized carbons (Fsp3) is 0.500. The molecule has 0 amide bonds. The highest BCUT2D eigenvalue weighted by Gasteiger charge is 2.24. The minimum absolute atomic E-state index is 0.0527. The van der Waals surface area contributed by atoms with Crippen LogP contribution in [0.3, 0.4) is 0 Å². The molecule has 1 aromatic carbocycles. The van der Waals surface area contributed by atoms with Crippen molar-refractivity contribution in [2.45, 2.75) is 44.8 Å². The van der Waals surface area contributed by atoms with E-state index in [-0.39, 0.29) is 12.1 Å². The molecule has 1 aliphatic rings. The third kappa shape index (κ3) is 2.59. The number of nitrogens with two attached hydrogens (primary N) is 1. The van der Waals surface area contributed by atoms with E-state index in [1.165, 1.54) is 6.42 Å². The van der Waals surface area contributed by atoms with E-state index < -0.39 is 0 Å². The number of rotatable bonds is 2. The summed E-state index contributed by atoms with van der Waals surface area (Å²) in [6.07, 6.45) is 4.39. The summed E-state index contributed by atoms with van der Waals surface area (Å²) in [4.78, 5) is 0. The Morgan fingerprint density at radius 3 is 2.82 bits per heavy atom. The first-order valence-electron chi connectivity index (χ1n) is 6.14. The van der Waals surface area contributed by atoms with Crippen molar-refractivity contribution in [3.05, 3.63) is 29.3 Å². The predicted octanol–water partition coefficient (Wildman–Crippen LogP) is 2.52. The van der Waals surface area contributed by atoms with Crippen molar-refractivity contribution in [2.75, 3.05) is 0 Å². The number of ether oxygens (including phenoxy) is 1. The molecule has 3 nitrogen and oxygen atoms in total. The van der Waals surface area contributed by atoms with Gasteiger partial charge >= 0.3 is 0 Å². The number of aryl methyl sites for hydroxylation is 1. The van der Waals surface area contributed by atoms with Crippen LogP contribution >= 0.6 is 0 Å². The summed E-state index contributed by atoms with van der Waals surface area (Å²) >= 11 is 0. The van der Waals surface area contributed by atoms with E-state index >= 15 is 0 Å². The van der Waals surface area contributed by atoms with Crippen LogP contribution in [0.5, 0.6) is 5.75 Å². The van der Waals surface area contributed by atoms with E-state index in [0.717, 1.165) is 24.8 Å². The molecule has 0 radical (unpaired) electrons. The molecule has 0 saturated heterocycles. The van der Waals surface area contributed by atoms with Gasteiger partial charge in [0, 0.05) is 6.04 Å². The topological polar surface area (TPSA) is 59.0 Å². The lowest BCUT2D eigenvalue weighted by Gasteiger charge is -2.29. The van der Waals surface area contributed by atoms with Gasteiger partial charge in [0.25, 0.3) is 0 Å². The molecule has 1 aromatic rings. The number of hydrogen-bond donors (Lipinski definition) is 1. The molecule has 2 rings (SSSR count). The smallest absolute Gasteiger partial charge is 0.140 e. The summed E-state index contributed by atoms with van der Waals surface area (Å²) in [5.41, 5.74) is 7.66. The zero-order valence-electron chi connectivity index (χ0n) is 10.1. The van der Waals surface area contributed by atoms with Gasteiger partial charge in [-0.15, -0.1) is 0 Å². The first-order chi connectivity index (χ1) is 8.22. The molecule has 0 spiro atoms. The molecule has 0 bridgehead atoms. The normalized spacial score (nSPS) is 24.1. The molecule has 1 aliphatic carbocycles. The quantitative estimate of drug-likeness (QED) is 0.849. The fourth-order valence-corrected chi connectivity index (χ4v) is 2.32. The Bertz CT molecular complexity index is 436. The molecule has 0 aliphatic heterocycles. The molecule has 0 aromatic heterocycles. The van der Waals surface area contributed by atoms with Gasteiger partial charge in [0.1, 0.15) is 17.9 Å². The second-order valence-electron chi connectivity index (χ2n) is 4.67. The van der Waals surface area contributed by atoms with Gasteiger partial charge < -0.3 is 10.5 Å². The second-order valence-corrected chi connectivity index (χ2v) is 4.67. The SMILES string of the molecule is Cc1cccc(C#N)c1OC1CCCCC1N. The van der Waals surface area contributed by atoms with Crippen molar-refractivity contribution < 1.29 is 4.74 Å². The average molecular weight is 230 g/mol. The molecular formula is C14H18N2O. The van der Waals surface area contributed by atoms with Gasteiger partial charge in [-0.25, -0.2) is 0 Å². The van der Waals surface area contributed by atoms with Crippen LogP contribution in [-0.2, 0) is 0 Å². The summed E-state index contributed by atoms with van der Waals surface area (Å²) in [6, 6.07) is 7.90. The average Bonchev–Trinajstić information content (AvgIpc) is 2.34. The Morgan fingerprint density at radius 1 is 1.35 bits per heavy atom. The third-order valence-corrected chi connectivity index (χ3v) is 3.36. The highest BCUT2D eigenvalue weighted by molar-refractivity contribution is 5.48. The Morgan fingerprint density at radius 2 is 2.12 bits per heavy atom. The number of para-hydroxylation sites is 1. The lowest BCUT2D eigenvalue weighted by atomic mass is 9.93. The maximum absolute atomic E-state index is 9.08. The Kier molecular flexibility index (Phi) is 3.65. The van der Waals surface area contributed by atoms with Gasteiger partial charge in [0.05, 0.1) is 5.56 Å². The maximum Gasteiger partial charge on any atom is 0.140 e. The Hall–Kier alpha value is -1.53. The van der Waals surface area contributed by atoms with Crippen molar-refractivity contribution in [1.82, 2.24) is 0 Å². The van der Waals surface area contributed by atoms with E-state index in [2.05, 4.69) is 6.07 Å². The van der Waals surface area contributed by atoms with E-state index in [9.17, 15) is 0 Å². The highest BCUT2D eigenvalue weighted by Crippen LogP contribution is 2.28. The standard InChI is InChI=1S/C14H18N2O/c1-10-5-4-6-11(9-15)14(10)17-13-8-3-2-7-12(13)16/h4-6,12-13H,2-3,7-8,16H2,1H3. The molecule has 3 heteroatoms. The van der Waals surface area contributed by atoms with Crippen LogP contribution in [0.1, 0.15) is 36.8 Å². The number of nitrogens with zero attached hydrogens (tertiary/aromatic N) is 1. The van der Waals surface area contributed by atoms with Crippen LogP contribution < -0.4 is 10.5 Å². The van der Waals surface area contributed by atoms with Crippen molar-refractivity contribution in [2.24, 2.45) is 5.73 Å². The van der Waals surface area contributed by atoms with Gasteiger partial charge in [0.15, 0.2) is 0 Å². The molecule has 2 atom stereocenters. The summed E-state index contributed by atoms with van der Waals surface area (Å²) in [5.74, 6) is 0.706. The van der Waals surface area contributed by atoms with Gasteiger partial charge in [-0.3, -0.25) is 0 Å². The first kappa shape index (κ1) is 11.9. The summed E-state index contributed by atoms with van der Waals surface area (Å²) in [7, 11) is 0. The number of benzene rings is 1. The van der Waals surface area contributed by atoms with Gasteiger partial charge in [0.2, 0.25) is 0 Å². The predicted molar refractivity (Wildman–Crippen MR) is 66.8 cm³/mol. The van der Waals surface area contributed by atoms with Crippen molar-refractivity contribution in [3.8, 4) is 11.8 Å². The van der Waals surface area contributed by atoms with E-state index in [1.807, 2.05) is 19.1 Å². The Balaban J connectivity index is 2.20. The summed E-state index contributed by atoms with van der Waals surface area (Å²) in [5, 5.41) is 9.08. The van der Waals surface area contributed by atoms with Crippen LogP contribution in [0.2, 0.25) is 0 Å². The molecule has 1 saturated carbocycles. The zero-order valence-corrected chi connectivity index (χ0v) is 10.1. The van der Waals surface area contributed by atoms with Crippen molar-refractivity contribution >= 4 is 0 Å². The molecule has 0 heterocycles. The number of hydrogen-bond acceptors (Lipinski definition) is 3. The first-order valence-corrected chi connectivity index (χ1v) is 6.14. The van der Waals surface area contributed by atoms with Crippen LogP contribution in [0.25, 0.3) is 0 Å². The van der Waals surface area contributed by atoms with E-state index in [1.54, 1.807) is 6.07 Å². The largest absolute Gasteiger partial charge is 0.487 e. The minimum Gasteiger partial charge on any atom is -0.487 e. The number of nitriles is 1. The molecule has 1 fully saturated rings. The van der Waals surface area contributed by atoms with E-state index in [0.29, 0.717) is 11.3 Å². The third-order valence-electron chi connectivity index (χ3n) is 3.36. The highest BCUT2D eigenvalue weighted by atomic mass is 16.5. The van der Waals surface area contributed by atoms with Gasteiger partial charge in [-0.2, -0.15) is 5.26 Å². The van der Waals surface area contributed by atoms with E-state index in [4.69, 9.17) is 15.7 Å². The summed E-state index contributed by atoms with van der Waals surface area (Å²) in [6.45, 7) is 1.96. The van der Waals surface area contributed by atoms with Crippen LogP contribution in [0.4, 0.5) is 0 Å². The minimum atomic E-state index is 0.0527. The molecular weight excluding hydrogens is 212 g/mol. The molecule has 90 valence electrons. The fourth-order valence-electron chi connectivity index (χ4n) is 2.32. The van der Waals surface area contributed by atoms with Crippen molar-refractivity contribution in [3.63, 3.8) is 0 Å². The van der Waals surface area contributed by atoms with Crippen LogP contribution in [0.15, 0.2) is 18.2 Å². The van der Waals surface area contributed by atoms with Gasteiger partial charge in [-0.1, -0.05) is 18.6 Å². The van der Waals surface area contributed by atoms with Crippen LogP contribution in [0, 0.1) is 18.3 Å². The van der Waals surface area contributed by atoms with Gasteiger partial charge in [-0.05, 0) is 37.8 Å². The zero-order chi connectivity index (χ0) is 12.3. The summed E-state index contributed by atoms with van der Waals surface area (Å²) < 4.78 is 5.97. The molecule has 2 unspecified atom stereocenters.